The summed E-state index contributed by atoms with van der Waals surface area (Å²) >= 11 is 0. The summed E-state index contributed by atoms with van der Waals surface area (Å²) in [4.78, 5) is 32.3. The number of hydrogen-bond donors (Lipinski definition) is 2. The van der Waals surface area contributed by atoms with Crippen LogP contribution in [0.4, 0.5) is 25.0 Å². The van der Waals surface area contributed by atoms with E-state index in [2.05, 4.69) is 15.1 Å². The second-order valence-corrected chi connectivity index (χ2v) is 6.89. The number of carbonyl (C=O) groups excluding carboxylic acids is 1. The van der Waals surface area contributed by atoms with Crippen LogP contribution in [0.2, 0.25) is 0 Å². The van der Waals surface area contributed by atoms with Gasteiger partial charge in [-0.3, -0.25) is 4.79 Å². The molecule has 0 fully saturated rings. The number of halogens is 2. The predicted octanol–water partition coefficient (Wildman–Crippen LogP) is 4.09. The molecule has 4 rings (SSSR count). The normalized spacial score (nSPS) is 15.3. The molecule has 9 heteroatoms. The molecule has 0 spiro atoms. The molecule has 0 saturated carbocycles. The molecule has 2 heterocycles. The maximum atomic E-state index is 13.9. The Morgan fingerprint density at radius 3 is 2.83 bits per heavy atom. The highest BCUT2D eigenvalue weighted by Gasteiger charge is 2.30. The van der Waals surface area contributed by atoms with Crippen LogP contribution in [0.5, 0.6) is 0 Å². The molecule has 1 aliphatic rings. The Bertz CT molecular complexity index is 1270. The van der Waals surface area contributed by atoms with E-state index in [1.165, 1.54) is 42.3 Å². The molecule has 1 aliphatic heterocycles. The van der Waals surface area contributed by atoms with Crippen molar-refractivity contribution in [1.82, 2.24) is 9.88 Å². The van der Waals surface area contributed by atoms with Crippen molar-refractivity contribution >= 4 is 28.2 Å². The Hall–Kier alpha value is -3.77. The third-order valence-corrected chi connectivity index (χ3v) is 5.07. The van der Waals surface area contributed by atoms with Crippen molar-refractivity contribution < 1.29 is 18.3 Å². The van der Waals surface area contributed by atoms with Crippen LogP contribution in [-0.4, -0.2) is 29.6 Å². The first-order valence-electron chi connectivity index (χ1n) is 9.02. The fourth-order valence-corrected chi connectivity index (χ4v) is 3.56. The Morgan fingerprint density at radius 1 is 1.27 bits per heavy atom. The van der Waals surface area contributed by atoms with E-state index in [1.807, 2.05) is 0 Å². The van der Waals surface area contributed by atoms with E-state index in [1.54, 1.807) is 0 Å². The van der Waals surface area contributed by atoms with Crippen LogP contribution in [-0.2, 0) is 11.3 Å². The molecule has 3 aromatic rings. The number of likely N-dealkylation sites (N-methyl/N-ethyl adjacent to an activating group) is 1. The number of aromatic nitrogens is 1. The van der Waals surface area contributed by atoms with Crippen LogP contribution >= 0.6 is 0 Å². The Kier molecular flexibility index (Phi) is 4.93. The number of amides is 2. The first kappa shape index (κ1) is 19.5. The summed E-state index contributed by atoms with van der Waals surface area (Å²) in [6, 6.07) is 6.44. The lowest BCUT2D eigenvalue weighted by Crippen LogP contribution is -2.39. The summed E-state index contributed by atoms with van der Waals surface area (Å²) in [5.41, 5.74) is 0.771. The lowest BCUT2D eigenvalue weighted by atomic mass is 9.96. The van der Waals surface area contributed by atoms with Crippen molar-refractivity contribution in [2.75, 3.05) is 19.0 Å². The van der Waals surface area contributed by atoms with E-state index in [0.29, 0.717) is 22.0 Å². The largest absolute Gasteiger partial charge is 0.373 e. The molecule has 1 aromatic heterocycles. The van der Waals surface area contributed by atoms with Crippen molar-refractivity contribution in [2.24, 2.45) is 0 Å². The lowest BCUT2D eigenvalue weighted by molar-refractivity contribution is 0.0527. The number of hydrogen-bond acceptors (Lipinski definition) is 3. The minimum atomic E-state index is -0.677. The maximum Gasteiger partial charge on any atom is 0.322 e. The minimum absolute atomic E-state index is 0.134. The van der Waals surface area contributed by atoms with Crippen LogP contribution < -0.4 is 10.9 Å². The molecule has 2 N–H and O–H groups in total. The lowest BCUT2D eigenvalue weighted by Gasteiger charge is -2.33. The zero-order valence-corrected chi connectivity index (χ0v) is 15.8. The quantitative estimate of drug-likeness (QED) is 0.625. The summed E-state index contributed by atoms with van der Waals surface area (Å²) in [5.74, 6) is -1.17. The van der Waals surface area contributed by atoms with Gasteiger partial charge < -0.3 is 19.9 Å². The first-order chi connectivity index (χ1) is 14.4. The van der Waals surface area contributed by atoms with E-state index in [0.717, 1.165) is 6.07 Å². The number of H-pyrrole nitrogens is 1. The molecule has 152 valence electrons. The summed E-state index contributed by atoms with van der Waals surface area (Å²) in [5, 5.41) is 3.35. The van der Waals surface area contributed by atoms with Crippen LogP contribution in [0.15, 0.2) is 41.2 Å². The summed E-state index contributed by atoms with van der Waals surface area (Å²) < 4.78 is 33.0. The van der Waals surface area contributed by atoms with Crippen LogP contribution in [0.25, 0.3) is 15.6 Å². The average Bonchev–Trinajstić information content (AvgIpc) is 2.73. The molecule has 0 aliphatic carbocycles. The zero-order chi connectivity index (χ0) is 21.4. The van der Waals surface area contributed by atoms with Gasteiger partial charge in [0.25, 0.3) is 5.56 Å². The number of fused-ring (bicyclic) bond motifs is 3. The molecular formula is C21H16F2N4O3. The Labute approximate surface area is 169 Å². The van der Waals surface area contributed by atoms with E-state index in [9.17, 15) is 18.4 Å². The topological polar surface area (TPSA) is 78.8 Å². The monoisotopic (exact) mass is 410 g/mol. The number of carbonyl (C=O) groups is 1. The van der Waals surface area contributed by atoms with Gasteiger partial charge in [0.05, 0.1) is 25.8 Å². The molecule has 30 heavy (non-hydrogen) atoms. The van der Waals surface area contributed by atoms with E-state index in [-0.39, 0.29) is 30.1 Å². The standard InChI is InChI=1S/C21H16F2N4O3/c1-24-16-8-12(4-6-15(16)23)25-21(29)27(2)18-10-30-9-17-19(18)14-7-11(22)3-5-13(14)20(28)26-17/h3-8,18H,9-10H2,2H3,(H,25,29)(H,26,28). The summed E-state index contributed by atoms with van der Waals surface area (Å²) in [6.07, 6.45) is 0. The maximum absolute atomic E-state index is 13.9. The molecule has 0 radical (unpaired) electrons. The smallest absolute Gasteiger partial charge is 0.322 e. The SMILES string of the molecule is [C-]#[N+]c1cc(NC(=O)N(C)C2COCc3[nH]c(=O)c4ccc(F)cc4c32)ccc1F. The number of nitrogens with zero attached hydrogens (tertiary/aromatic N) is 2. The van der Waals surface area contributed by atoms with Crippen LogP contribution in [0, 0.1) is 18.2 Å². The van der Waals surface area contributed by atoms with E-state index in [4.69, 9.17) is 11.3 Å². The first-order valence-corrected chi connectivity index (χ1v) is 9.02. The highest BCUT2D eigenvalue weighted by molar-refractivity contribution is 5.91. The van der Waals surface area contributed by atoms with Crippen molar-refractivity contribution in [2.45, 2.75) is 12.6 Å². The van der Waals surface area contributed by atoms with Crippen LogP contribution in [0.3, 0.4) is 0 Å². The number of nitrogens with one attached hydrogen (secondary N) is 2. The van der Waals surface area contributed by atoms with Gasteiger partial charge in [-0.2, -0.15) is 0 Å². The van der Waals surface area contributed by atoms with Gasteiger partial charge in [-0.1, -0.05) is 0 Å². The van der Waals surface area contributed by atoms with E-state index >= 15 is 0 Å². The van der Waals surface area contributed by atoms with Gasteiger partial charge in [0.15, 0.2) is 0 Å². The number of rotatable bonds is 2. The van der Waals surface area contributed by atoms with Gasteiger partial charge in [0, 0.05) is 29.4 Å². The number of benzene rings is 2. The highest BCUT2D eigenvalue weighted by Crippen LogP contribution is 2.33. The van der Waals surface area contributed by atoms with Gasteiger partial charge in [0.1, 0.15) is 11.6 Å². The molecular weight excluding hydrogens is 394 g/mol. The second-order valence-electron chi connectivity index (χ2n) is 6.89. The third-order valence-electron chi connectivity index (χ3n) is 5.07. The van der Waals surface area contributed by atoms with Gasteiger partial charge in [-0.25, -0.2) is 18.4 Å². The number of aromatic amines is 1. The fraction of sp³-hybridized carbons (Fsp3) is 0.190. The number of pyridine rings is 1. The second kappa shape index (κ2) is 7.57. The molecule has 7 nitrogen and oxygen atoms in total. The predicted molar refractivity (Wildman–Crippen MR) is 106 cm³/mol. The molecule has 0 saturated heterocycles. The van der Waals surface area contributed by atoms with Gasteiger partial charge >= 0.3 is 6.03 Å². The molecule has 1 unspecified atom stereocenters. The zero-order valence-electron chi connectivity index (χ0n) is 15.8. The van der Waals surface area contributed by atoms with E-state index < -0.39 is 23.7 Å². The number of anilines is 1. The van der Waals surface area contributed by atoms with Crippen LogP contribution in [0.1, 0.15) is 17.3 Å². The number of ether oxygens (including phenoxy) is 1. The van der Waals surface area contributed by atoms with Crippen molar-refractivity contribution in [3.05, 3.63) is 81.1 Å². The molecule has 2 aromatic carbocycles. The van der Waals surface area contributed by atoms with Crippen molar-refractivity contribution in [3.63, 3.8) is 0 Å². The Morgan fingerprint density at radius 2 is 2.07 bits per heavy atom. The molecule has 2 amide bonds. The van der Waals surface area contributed by atoms with Gasteiger partial charge in [0.2, 0.25) is 5.69 Å². The fourth-order valence-electron chi connectivity index (χ4n) is 3.56. The Balaban J connectivity index is 1.71. The summed E-state index contributed by atoms with van der Waals surface area (Å²) in [6.45, 7) is 7.27. The van der Waals surface area contributed by atoms with Gasteiger partial charge in [-0.15, -0.1) is 0 Å². The molecule has 1 atom stereocenters. The minimum Gasteiger partial charge on any atom is -0.373 e. The van der Waals surface area contributed by atoms with Crippen molar-refractivity contribution in [3.8, 4) is 0 Å². The van der Waals surface area contributed by atoms with Gasteiger partial charge in [-0.05, 0) is 41.8 Å². The highest BCUT2D eigenvalue weighted by atomic mass is 19.1. The number of urea groups is 1. The summed E-state index contributed by atoms with van der Waals surface area (Å²) in [7, 11) is 1.54. The van der Waals surface area contributed by atoms with Crippen molar-refractivity contribution in [1.29, 1.82) is 0 Å². The third kappa shape index (κ3) is 3.38. The average molecular weight is 410 g/mol. The molecule has 0 bridgehead atoms.